The molecule has 0 aliphatic heterocycles. The molecule has 4 nitrogen and oxygen atoms in total. The Bertz CT molecular complexity index is 383. The minimum atomic E-state index is 0.438. The summed E-state index contributed by atoms with van der Waals surface area (Å²) in [5.41, 5.74) is 2.60. The van der Waals surface area contributed by atoms with Crippen LogP contribution in [0.5, 0.6) is 0 Å². The fourth-order valence-corrected chi connectivity index (χ4v) is 2.27. The molecule has 1 N–H and O–H groups in total. The zero-order chi connectivity index (χ0) is 13.7. The topological polar surface area (TPSA) is 39.1 Å². The molecule has 4 heteroatoms. The lowest BCUT2D eigenvalue weighted by Crippen LogP contribution is -2.19. The number of hydrogen-bond donors (Lipinski definition) is 1. The molecule has 1 fully saturated rings. The fraction of sp³-hybridized carbons (Fsp3) is 0.800. The van der Waals surface area contributed by atoms with Crippen molar-refractivity contribution in [3.05, 3.63) is 17.5 Å². The molecule has 1 heterocycles. The van der Waals surface area contributed by atoms with Crippen LogP contribution in [0.2, 0.25) is 0 Å². The second-order valence-electron chi connectivity index (χ2n) is 5.60. The molecule has 0 saturated heterocycles. The zero-order valence-electron chi connectivity index (χ0n) is 12.5. The highest BCUT2D eigenvalue weighted by Gasteiger charge is 2.27. The zero-order valence-corrected chi connectivity index (χ0v) is 12.5. The number of nitrogens with one attached hydrogen (secondary N) is 1. The summed E-state index contributed by atoms with van der Waals surface area (Å²) in [5, 5.41) is 8.24. The molecule has 0 amide bonds. The van der Waals surface area contributed by atoms with Gasteiger partial charge < -0.3 is 10.1 Å². The molecule has 0 bridgehead atoms. The van der Waals surface area contributed by atoms with E-state index in [2.05, 4.69) is 29.9 Å². The van der Waals surface area contributed by atoms with E-state index in [4.69, 9.17) is 9.84 Å². The number of nitrogens with zero attached hydrogens (tertiary/aromatic N) is 2. The first kappa shape index (κ1) is 14.5. The van der Waals surface area contributed by atoms with Crippen LogP contribution in [0.25, 0.3) is 0 Å². The first-order valence-corrected chi connectivity index (χ1v) is 7.59. The predicted octanol–water partition coefficient (Wildman–Crippen LogP) is 2.86. The Morgan fingerprint density at radius 2 is 2.26 bits per heavy atom. The van der Waals surface area contributed by atoms with Gasteiger partial charge in [-0.25, -0.2) is 0 Å². The number of aromatic nitrogens is 2. The van der Waals surface area contributed by atoms with Gasteiger partial charge in [0.2, 0.25) is 0 Å². The van der Waals surface area contributed by atoms with Crippen LogP contribution < -0.4 is 5.32 Å². The summed E-state index contributed by atoms with van der Waals surface area (Å²) in [5.74, 6) is 0.733. The van der Waals surface area contributed by atoms with Crippen molar-refractivity contribution in [2.24, 2.45) is 0 Å². The Morgan fingerprint density at radius 3 is 2.89 bits per heavy atom. The number of ether oxygens (including phenoxy) is 1. The first-order valence-electron chi connectivity index (χ1n) is 7.59. The van der Waals surface area contributed by atoms with Crippen molar-refractivity contribution >= 4 is 0 Å². The van der Waals surface area contributed by atoms with Gasteiger partial charge in [0.1, 0.15) is 0 Å². The second-order valence-corrected chi connectivity index (χ2v) is 5.60. The smallest absolute Gasteiger partial charge is 0.0659 e. The maximum absolute atomic E-state index is 5.33. The fourth-order valence-electron chi connectivity index (χ4n) is 2.27. The van der Waals surface area contributed by atoms with E-state index in [1.54, 1.807) is 0 Å². The molecular formula is C15H27N3O. The van der Waals surface area contributed by atoms with Crippen molar-refractivity contribution in [1.82, 2.24) is 15.1 Å². The normalized spacial score (nSPS) is 15.4. The third-order valence-corrected chi connectivity index (χ3v) is 3.47. The minimum Gasteiger partial charge on any atom is -0.382 e. The van der Waals surface area contributed by atoms with Crippen molar-refractivity contribution in [3.8, 4) is 0 Å². The van der Waals surface area contributed by atoms with Gasteiger partial charge in [0.05, 0.1) is 11.4 Å². The Balaban J connectivity index is 1.81. The van der Waals surface area contributed by atoms with Crippen molar-refractivity contribution < 1.29 is 4.74 Å². The SMILES string of the molecule is CCOCCCNCc1cc(C2CC2)nn1C(C)C. The lowest BCUT2D eigenvalue weighted by Gasteiger charge is -2.11. The van der Waals surface area contributed by atoms with Gasteiger partial charge in [0.25, 0.3) is 0 Å². The summed E-state index contributed by atoms with van der Waals surface area (Å²) in [7, 11) is 0. The van der Waals surface area contributed by atoms with Crippen LogP contribution in [-0.4, -0.2) is 29.5 Å². The molecule has 1 aromatic heterocycles. The molecule has 1 aromatic rings. The average molecular weight is 265 g/mol. The van der Waals surface area contributed by atoms with E-state index in [1.165, 1.54) is 24.2 Å². The third kappa shape index (κ3) is 4.32. The van der Waals surface area contributed by atoms with Crippen LogP contribution in [0.15, 0.2) is 6.07 Å². The first-order chi connectivity index (χ1) is 9.22. The van der Waals surface area contributed by atoms with Crippen molar-refractivity contribution in [3.63, 3.8) is 0 Å². The van der Waals surface area contributed by atoms with E-state index >= 15 is 0 Å². The van der Waals surface area contributed by atoms with E-state index in [0.717, 1.165) is 38.6 Å². The van der Waals surface area contributed by atoms with E-state index in [9.17, 15) is 0 Å². The maximum atomic E-state index is 5.33. The molecule has 108 valence electrons. The molecule has 0 radical (unpaired) electrons. The van der Waals surface area contributed by atoms with Gasteiger partial charge in [-0.15, -0.1) is 0 Å². The number of hydrogen-bond acceptors (Lipinski definition) is 3. The molecule has 0 spiro atoms. The van der Waals surface area contributed by atoms with Crippen LogP contribution in [0.1, 0.15) is 63.4 Å². The summed E-state index contributed by atoms with van der Waals surface area (Å²) in [6.07, 6.45) is 3.70. The summed E-state index contributed by atoms with van der Waals surface area (Å²) in [6, 6.07) is 2.72. The Hall–Kier alpha value is -0.870. The standard InChI is InChI=1S/C15H27N3O/c1-4-19-9-5-8-16-11-14-10-15(13-6-7-13)17-18(14)12(2)3/h10,12-13,16H,4-9,11H2,1-3H3. The monoisotopic (exact) mass is 265 g/mol. The minimum absolute atomic E-state index is 0.438. The molecule has 1 saturated carbocycles. The van der Waals surface area contributed by atoms with Gasteiger partial charge in [-0.1, -0.05) is 0 Å². The van der Waals surface area contributed by atoms with Crippen LogP contribution in [0.3, 0.4) is 0 Å². The molecular weight excluding hydrogens is 238 g/mol. The molecule has 19 heavy (non-hydrogen) atoms. The molecule has 2 rings (SSSR count). The third-order valence-electron chi connectivity index (χ3n) is 3.47. The van der Waals surface area contributed by atoms with Gasteiger partial charge in [0.15, 0.2) is 0 Å². The largest absolute Gasteiger partial charge is 0.382 e. The van der Waals surface area contributed by atoms with Crippen LogP contribution >= 0.6 is 0 Å². The molecule has 0 unspecified atom stereocenters. The second kappa shape index (κ2) is 7.06. The van der Waals surface area contributed by atoms with Crippen LogP contribution in [0.4, 0.5) is 0 Å². The van der Waals surface area contributed by atoms with Gasteiger partial charge in [-0.05, 0) is 52.6 Å². The average Bonchev–Trinajstić information content (AvgIpc) is 3.14. The Morgan fingerprint density at radius 1 is 1.47 bits per heavy atom. The molecule has 1 aliphatic carbocycles. The number of rotatable bonds is 9. The van der Waals surface area contributed by atoms with Gasteiger partial charge >= 0.3 is 0 Å². The quantitative estimate of drug-likeness (QED) is 0.698. The predicted molar refractivity (Wildman–Crippen MR) is 77.4 cm³/mol. The van der Waals surface area contributed by atoms with Crippen molar-refractivity contribution in [2.75, 3.05) is 19.8 Å². The van der Waals surface area contributed by atoms with Crippen molar-refractivity contribution in [1.29, 1.82) is 0 Å². The van der Waals surface area contributed by atoms with Gasteiger partial charge in [-0.3, -0.25) is 4.68 Å². The molecule has 1 aliphatic rings. The summed E-state index contributed by atoms with van der Waals surface area (Å²) >= 11 is 0. The molecule has 0 atom stereocenters. The lowest BCUT2D eigenvalue weighted by atomic mass is 10.2. The van der Waals surface area contributed by atoms with E-state index < -0.39 is 0 Å². The Labute approximate surface area is 116 Å². The summed E-state index contributed by atoms with van der Waals surface area (Å²) in [4.78, 5) is 0. The highest BCUT2D eigenvalue weighted by Crippen LogP contribution is 2.39. The van der Waals surface area contributed by atoms with E-state index in [-0.39, 0.29) is 0 Å². The summed E-state index contributed by atoms with van der Waals surface area (Å²) < 4.78 is 7.50. The van der Waals surface area contributed by atoms with Gasteiger partial charge in [-0.2, -0.15) is 5.10 Å². The van der Waals surface area contributed by atoms with Crippen molar-refractivity contribution in [2.45, 2.75) is 58.5 Å². The Kier molecular flexibility index (Phi) is 5.40. The van der Waals surface area contributed by atoms with Crippen LogP contribution in [-0.2, 0) is 11.3 Å². The maximum Gasteiger partial charge on any atom is 0.0659 e. The van der Waals surface area contributed by atoms with E-state index in [1.807, 2.05) is 6.92 Å². The highest BCUT2D eigenvalue weighted by atomic mass is 16.5. The lowest BCUT2D eigenvalue weighted by molar-refractivity contribution is 0.144. The van der Waals surface area contributed by atoms with Crippen LogP contribution in [0, 0.1) is 0 Å². The highest BCUT2D eigenvalue weighted by molar-refractivity contribution is 5.19. The molecule has 0 aromatic carbocycles. The van der Waals surface area contributed by atoms with Gasteiger partial charge in [0, 0.05) is 31.7 Å². The summed E-state index contributed by atoms with van der Waals surface area (Å²) in [6.45, 7) is 10.00. The van der Waals surface area contributed by atoms with E-state index in [0.29, 0.717) is 6.04 Å².